The molecule has 2 aliphatic heterocycles. The molecule has 8 heteroatoms. The molecule has 0 radical (unpaired) electrons. The van der Waals surface area contributed by atoms with Crippen molar-refractivity contribution < 1.29 is 28.6 Å². The maximum absolute atomic E-state index is 13.8. The normalized spacial score (nSPS) is 19.2. The summed E-state index contributed by atoms with van der Waals surface area (Å²) < 4.78 is 16.2. The summed E-state index contributed by atoms with van der Waals surface area (Å²) in [6.07, 6.45) is 2.70. The van der Waals surface area contributed by atoms with E-state index >= 15 is 0 Å². The average Bonchev–Trinajstić information content (AvgIpc) is 3.59. The molecule has 2 fully saturated rings. The first-order chi connectivity index (χ1) is 17.6. The highest BCUT2D eigenvalue weighted by molar-refractivity contribution is 6.06. The first kappa shape index (κ1) is 25.3. The molecule has 0 atom stereocenters. The summed E-state index contributed by atoms with van der Waals surface area (Å²) in [6, 6.07) is 12.9. The van der Waals surface area contributed by atoms with E-state index in [2.05, 4.69) is 5.32 Å². The lowest BCUT2D eigenvalue weighted by molar-refractivity contribution is 0.0473. The molecule has 1 N–H and O–H groups in total. The Morgan fingerprint density at radius 2 is 1.65 bits per heavy atom. The summed E-state index contributed by atoms with van der Waals surface area (Å²) in [6.45, 7) is 7.21. The lowest BCUT2D eigenvalue weighted by atomic mass is 9.75. The predicted molar refractivity (Wildman–Crippen MR) is 138 cm³/mol. The van der Waals surface area contributed by atoms with Gasteiger partial charge in [-0.2, -0.15) is 0 Å². The molecule has 196 valence electrons. The van der Waals surface area contributed by atoms with E-state index in [0.29, 0.717) is 36.6 Å². The Kier molecular flexibility index (Phi) is 6.26. The minimum absolute atomic E-state index is 0.232. The third-order valence-electron chi connectivity index (χ3n) is 7.61. The highest BCUT2D eigenvalue weighted by Crippen LogP contribution is 2.50. The molecule has 2 amide bonds. The monoisotopic (exact) mass is 506 g/mol. The first-order valence-electron chi connectivity index (χ1n) is 12.8. The van der Waals surface area contributed by atoms with Crippen LogP contribution < -0.4 is 10.2 Å². The van der Waals surface area contributed by atoms with Gasteiger partial charge in [-0.05, 0) is 75.8 Å². The van der Waals surface area contributed by atoms with Crippen LogP contribution >= 0.6 is 0 Å². The Balaban J connectivity index is 1.47. The van der Waals surface area contributed by atoms with Gasteiger partial charge in [-0.25, -0.2) is 9.59 Å². The van der Waals surface area contributed by atoms with Crippen molar-refractivity contribution in [1.82, 2.24) is 5.32 Å². The van der Waals surface area contributed by atoms with Crippen molar-refractivity contribution in [3.05, 3.63) is 64.7 Å². The fourth-order valence-electron chi connectivity index (χ4n) is 5.51. The zero-order chi connectivity index (χ0) is 26.4. The smallest absolute Gasteiger partial charge is 0.414 e. The van der Waals surface area contributed by atoms with E-state index in [1.54, 1.807) is 23.1 Å². The Morgan fingerprint density at radius 3 is 2.24 bits per heavy atom. The van der Waals surface area contributed by atoms with Gasteiger partial charge in [0, 0.05) is 25.2 Å². The van der Waals surface area contributed by atoms with E-state index in [1.807, 2.05) is 45.0 Å². The number of anilines is 1. The van der Waals surface area contributed by atoms with Crippen LogP contribution in [-0.4, -0.2) is 50.4 Å². The Morgan fingerprint density at radius 1 is 0.973 bits per heavy atom. The number of carbonyl (C=O) groups excluding carboxylic acids is 3. The van der Waals surface area contributed by atoms with Gasteiger partial charge in [-0.3, -0.25) is 9.69 Å². The number of nitrogens with one attached hydrogen (secondary N) is 1. The molecule has 0 unspecified atom stereocenters. The van der Waals surface area contributed by atoms with E-state index in [9.17, 15) is 14.4 Å². The molecule has 1 saturated heterocycles. The van der Waals surface area contributed by atoms with Gasteiger partial charge >= 0.3 is 12.1 Å². The molecule has 2 heterocycles. The molecule has 5 rings (SSSR count). The second-order valence-electron chi connectivity index (χ2n) is 11.3. The molecule has 37 heavy (non-hydrogen) atoms. The van der Waals surface area contributed by atoms with Crippen LogP contribution in [0.1, 0.15) is 78.3 Å². The minimum Gasteiger partial charge on any atom is -0.465 e. The van der Waals surface area contributed by atoms with Crippen LogP contribution in [0.25, 0.3) is 0 Å². The predicted octanol–water partition coefficient (Wildman–Crippen LogP) is 4.70. The van der Waals surface area contributed by atoms with E-state index in [1.165, 1.54) is 7.11 Å². The summed E-state index contributed by atoms with van der Waals surface area (Å²) in [5.41, 5.74) is 2.07. The number of methoxy groups -OCH3 is 1. The number of hydrogen-bond donors (Lipinski definition) is 1. The largest absolute Gasteiger partial charge is 0.465 e. The molecule has 1 saturated carbocycles. The number of fused-ring (bicyclic) bond motifs is 2. The van der Waals surface area contributed by atoms with E-state index < -0.39 is 23.2 Å². The zero-order valence-electron chi connectivity index (χ0n) is 21.9. The van der Waals surface area contributed by atoms with Crippen LogP contribution in [0.3, 0.4) is 0 Å². The maximum Gasteiger partial charge on any atom is 0.414 e. The molecule has 1 aliphatic carbocycles. The third-order valence-corrected chi connectivity index (χ3v) is 7.61. The van der Waals surface area contributed by atoms with Crippen LogP contribution in [0.15, 0.2) is 42.5 Å². The second kappa shape index (κ2) is 9.17. The average molecular weight is 507 g/mol. The number of rotatable bonds is 4. The Hall–Kier alpha value is -3.39. The van der Waals surface area contributed by atoms with Gasteiger partial charge < -0.3 is 19.5 Å². The number of benzene rings is 2. The SMILES string of the molecule is COC(=O)c1ccc(C2(NC(=O)c3cccc4c3N(C(=O)OC(C)(C)C)CC43CCOCC3)CC2)cc1. The topological polar surface area (TPSA) is 94.2 Å². The van der Waals surface area contributed by atoms with Crippen molar-refractivity contribution in [2.45, 2.75) is 63.0 Å². The van der Waals surface area contributed by atoms with Gasteiger partial charge in [0.15, 0.2) is 0 Å². The molecule has 0 aromatic heterocycles. The van der Waals surface area contributed by atoms with Crippen molar-refractivity contribution in [2.24, 2.45) is 0 Å². The van der Waals surface area contributed by atoms with Gasteiger partial charge in [0.05, 0.1) is 29.5 Å². The van der Waals surface area contributed by atoms with Crippen LogP contribution in [0.5, 0.6) is 0 Å². The van der Waals surface area contributed by atoms with Gasteiger partial charge in [0.1, 0.15) is 5.60 Å². The highest BCUT2D eigenvalue weighted by Gasteiger charge is 2.50. The first-order valence-corrected chi connectivity index (χ1v) is 12.8. The number of nitrogens with zero attached hydrogens (tertiary/aromatic N) is 1. The molecular formula is C29H34N2O6. The van der Waals surface area contributed by atoms with E-state index in [-0.39, 0.29) is 11.3 Å². The lowest BCUT2D eigenvalue weighted by Crippen LogP contribution is -2.43. The van der Waals surface area contributed by atoms with Crippen LogP contribution in [0, 0.1) is 0 Å². The summed E-state index contributed by atoms with van der Waals surface area (Å²) in [5.74, 6) is -0.631. The van der Waals surface area contributed by atoms with Gasteiger partial charge in [0.25, 0.3) is 5.91 Å². The van der Waals surface area contributed by atoms with Crippen molar-refractivity contribution in [2.75, 3.05) is 31.8 Å². The molecular weight excluding hydrogens is 472 g/mol. The molecule has 8 nitrogen and oxygen atoms in total. The maximum atomic E-state index is 13.8. The number of hydrogen-bond acceptors (Lipinski definition) is 6. The van der Waals surface area contributed by atoms with Gasteiger partial charge in [-0.1, -0.05) is 24.3 Å². The number of esters is 1. The molecule has 3 aliphatic rings. The van der Waals surface area contributed by atoms with E-state index in [0.717, 1.165) is 36.8 Å². The Bertz CT molecular complexity index is 1220. The molecule has 0 bridgehead atoms. The van der Waals surface area contributed by atoms with Crippen molar-refractivity contribution in [3.8, 4) is 0 Å². The summed E-state index contributed by atoms with van der Waals surface area (Å²) >= 11 is 0. The highest BCUT2D eigenvalue weighted by atomic mass is 16.6. The Labute approximate surface area is 217 Å². The van der Waals surface area contributed by atoms with E-state index in [4.69, 9.17) is 14.2 Å². The van der Waals surface area contributed by atoms with Crippen LogP contribution in [-0.2, 0) is 25.2 Å². The van der Waals surface area contributed by atoms with Crippen LogP contribution in [0.2, 0.25) is 0 Å². The van der Waals surface area contributed by atoms with Crippen LogP contribution in [0.4, 0.5) is 10.5 Å². The molecule has 1 spiro atoms. The van der Waals surface area contributed by atoms with Gasteiger partial charge in [0.2, 0.25) is 0 Å². The third kappa shape index (κ3) is 4.70. The number of amides is 2. The summed E-state index contributed by atoms with van der Waals surface area (Å²) in [7, 11) is 1.35. The quantitative estimate of drug-likeness (QED) is 0.605. The summed E-state index contributed by atoms with van der Waals surface area (Å²) in [5, 5.41) is 3.23. The lowest BCUT2D eigenvalue weighted by Gasteiger charge is -2.34. The fourth-order valence-corrected chi connectivity index (χ4v) is 5.51. The van der Waals surface area contributed by atoms with Crippen molar-refractivity contribution in [3.63, 3.8) is 0 Å². The fraction of sp³-hybridized carbons (Fsp3) is 0.483. The zero-order valence-corrected chi connectivity index (χ0v) is 21.9. The second-order valence-corrected chi connectivity index (χ2v) is 11.3. The molecule has 2 aromatic carbocycles. The standard InChI is InChI=1S/C29H34N2O6/c1-27(2,3)37-26(34)31-18-28(14-16-36-17-15-28)22-7-5-6-21(23(22)31)24(32)30-29(12-13-29)20-10-8-19(9-11-20)25(33)35-4/h5-11H,12-18H2,1-4H3,(H,30,32). The van der Waals surface area contributed by atoms with Crippen molar-refractivity contribution in [1.29, 1.82) is 0 Å². The number of carbonyl (C=O) groups is 3. The number of ether oxygens (including phenoxy) is 3. The number of para-hydroxylation sites is 1. The summed E-state index contributed by atoms with van der Waals surface area (Å²) in [4.78, 5) is 40.6. The van der Waals surface area contributed by atoms with Gasteiger partial charge in [-0.15, -0.1) is 0 Å². The minimum atomic E-state index is -0.658. The van der Waals surface area contributed by atoms with Crippen molar-refractivity contribution >= 4 is 23.7 Å². The molecule has 2 aromatic rings.